The molecule has 21 heavy (non-hydrogen) atoms. The lowest BCUT2D eigenvalue weighted by Gasteiger charge is -2.17. The van der Waals surface area contributed by atoms with Crippen molar-refractivity contribution < 1.29 is 27.2 Å². The first-order valence-corrected chi connectivity index (χ1v) is 6.01. The van der Waals surface area contributed by atoms with Crippen LogP contribution in [0.3, 0.4) is 0 Å². The van der Waals surface area contributed by atoms with Crippen molar-refractivity contribution in [3.8, 4) is 0 Å². The zero-order chi connectivity index (χ0) is 16.7. The van der Waals surface area contributed by atoms with E-state index in [0.29, 0.717) is 6.54 Å². The molecule has 0 spiro atoms. The molecule has 0 aliphatic heterocycles. The molecule has 1 rings (SSSR count). The van der Waals surface area contributed by atoms with Crippen LogP contribution in [0, 0.1) is 11.2 Å². The van der Waals surface area contributed by atoms with E-state index in [-0.39, 0.29) is 17.1 Å². The number of halogens is 4. The van der Waals surface area contributed by atoms with Crippen LogP contribution in [0.1, 0.15) is 26.3 Å². The van der Waals surface area contributed by atoms with Gasteiger partial charge < -0.3 is 5.32 Å². The second-order valence-corrected chi connectivity index (χ2v) is 5.22. The summed E-state index contributed by atoms with van der Waals surface area (Å²) in [6.07, 6.45) is -5.70. The summed E-state index contributed by atoms with van der Waals surface area (Å²) in [6, 6.07) is 6.10. The van der Waals surface area contributed by atoms with E-state index in [2.05, 4.69) is 5.32 Å². The van der Waals surface area contributed by atoms with Crippen LogP contribution in [0.15, 0.2) is 24.3 Å². The molecule has 0 fully saturated rings. The quantitative estimate of drug-likeness (QED) is 0.673. The molecule has 0 radical (unpaired) electrons. The van der Waals surface area contributed by atoms with Gasteiger partial charge in [-0.05, 0) is 17.7 Å². The lowest BCUT2D eigenvalue weighted by atomic mass is 9.95. The van der Waals surface area contributed by atoms with Gasteiger partial charge in [-0.3, -0.25) is 9.59 Å². The molecule has 7 heteroatoms. The molecule has 1 aromatic rings. The van der Waals surface area contributed by atoms with E-state index in [9.17, 15) is 22.4 Å². The zero-order valence-electron chi connectivity index (χ0n) is 11.9. The number of rotatable bonds is 2. The fourth-order valence-corrected chi connectivity index (χ4v) is 1.05. The Bertz CT molecular complexity index is 461. The number of benzene rings is 1. The number of carbonyl (C=O) groups is 2. The fraction of sp³-hybridized carbons (Fsp3) is 0.429. The Morgan fingerprint density at radius 1 is 1.14 bits per heavy atom. The monoisotopic (exact) mass is 307 g/mol. The van der Waals surface area contributed by atoms with E-state index in [1.54, 1.807) is 12.1 Å². The Hall–Kier alpha value is -1.92. The highest BCUT2D eigenvalue weighted by atomic mass is 19.4. The Morgan fingerprint density at radius 3 is 1.90 bits per heavy atom. The van der Waals surface area contributed by atoms with Crippen LogP contribution in [0.2, 0.25) is 0 Å². The normalized spacial score (nSPS) is 11.2. The van der Waals surface area contributed by atoms with Crippen molar-refractivity contribution in [2.45, 2.75) is 33.5 Å². The predicted molar refractivity (Wildman–Crippen MR) is 69.8 cm³/mol. The van der Waals surface area contributed by atoms with Gasteiger partial charge in [0, 0.05) is 12.0 Å². The van der Waals surface area contributed by atoms with Crippen molar-refractivity contribution in [2.75, 3.05) is 0 Å². The van der Waals surface area contributed by atoms with Gasteiger partial charge in [-0.15, -0.1) is 0 Å². The van der Waals surface area contributed by atoms with Gasteiger partial charge in [0.25, 0.3) is 0 Å². The summed E-state index contributed by atoms with van der Waals surface area (Å²) >= 11 is 0. The maximum Gasteiger partial charge on any atom is 0.446 e. The van der Waals surface area contributed by atoms with Crippen molar-refractivity contribution in [2.24, 2.45) is 5.41 Å². The summed E-state index contributed by atoms with van der Waals surface area (Å²) in [4.78, 5) is 20.2. The standard InChI is InChI=1S/C12H16FNO.C2HF3O/c1-12(2,3)11(15)14-8-9-4-6-10(13)7-5-9;3-2(4,5)1-6/h4-7H,8H2,1-3H3,(H,14,15);1H. The third-order valence-electron chi connectivity index (χ3n) is 2.18. The molecule has 0 aliphatic rings. The summed E-state index contributed by atoms with van der Waals surface area (Å²) < 4.78 is 43.8. The minimum Gasteiger partial charge on any atom is -0.352 e. The number of hydrogen-bond donors (Lipinski definition) is 1. The van der Waals surface area contributed by atoms with Crippen LogP contribution in [0.25, 0.3) is 0 Å². The topological polar surface area (TPSA) is 46.2 Å². The first-order valence-electron chi connectivity index (χ1n) is 6.01. The van der Waals surface area contributed by atoms with Gasteiger partial charge in [0.2, 0.25) is 12.2 Å². The SMILES string of the molecule is CC(C)(C)C(=O)NCc1ccc(F)cc1.O=CC(F)(F)F. The summed E-state index contributed by atoms with van der Waals surface area (Å²) in [5.41, 5.74) is 0.508. The van der Waals surface area contributed by atoms with Crippen LogP contribution in [-0.4, -0.2) is 18.4 Å². The molecule has 0 bridgehead atoms. The first-order chi connectivity index (χ1) is 9.45. The number of carbonyl (C=O) groups excluding carboxylic acids is 2. The van der Waals surface area contributed by atoms with E-state index >= 15 is 0 Å². The largest absolute Gasteiger partial charge is 0.446 e. The van der Waals surface area contributed by atoms with E-state index in [1.165, 1.54) is 12.1 Å². The van der Waals surface area contributed by atoms with Gasteiger partial charge in [0.1, 0.15) is 5.82 Å². The van der Waals surface area contributed by atoms with Crippen LogP contribution in [0.5, 0.6) is 0 Å². The van der Waals surface area contributed by atoms with Crippen LogP contribution in [0.4, 0.5) is 17.6 Å². The Balaban J connectivity index is 0.000000567. The van der Waals surface area contributed by atoms with Gasteiger partial charge in [-0.1, -0.05) is 32.9 Å². The fourth-order valence-electron chi connectivity index (χ4n) is 1.05. The molecule has 0 heterocycles. The molecule has 0 aromatic heterocycles. The zero-order valence-corrected chi connectivity index (χ0v) is 11.9. The highest BCUT2D eigenvalue weighted by Crippen LogP contribution is 2.13. The highest BCUT2D eigenvalue weighted by molar-refractivity contribution is 5.81. The van der Waals surface area contributed by atoms with Crippen molar-refractivity contribution in [1.29, 1.82) is 0 Å². The minimum atomic E-state index is -4.64. The Morgan fingerprint density at radius 2 is 1.57 bits per heavy atom. The first kappa shape index (κ1) is 19.1. The van der Waals surface area contributed by atoms with Crippen molar-refractivity contribution in [1.82, 2.24) is 5.32 Å². The second-order valence-electron chi connectivity index (χ2n) is 5.22. The summed E-state index contributed by atoms with van der Waals surface area (Å²) in [7, 11) is 0. The van der Waals surface area contributed by atoms with Crippen molar-refractivity contribution in [3.63, 3.8) is 0 Å². The Labute approximate surface area is 120 Å². The smallest absolute Gasteiger partial charge is 0.352 e. The lowest BCUT2D eigenvalue weighted by molar-refractivity contribution is -0.156. The van der Waals surface area contributed by atoms with Gasteiger partial charge >= 0.3 is 6.18 Å². The molecule has 1 amide bonds. The molecule has 0 unspecified atom stereocenters. The van der Waals surface area contributed by atoms with Crippen molar-refractivity contribution in [3.05, 3.63) is 35.6 Å². The molecule has 118 valence electrons. The number of hydrogen-bond acceptors (Lipinski definition) is 2. The van der Waals surface area contributed by atoms with Crippen LogP contribution < -0.4 is 5.32 Å². The Kier molecular flexibility index (Phi) is 7.05. The molecular formula is C14H17F4NO2. The average Bonchev–Trinajstić information content (AvgIpc) is 2.36. The maximum absolute atomic E-state index is 12.6. The molecule has 0 saturated heterocycles. The summed E-state index contributed by atoms with van der Waals surface area (Å²) in [5.74, 6) is -0.271. The summed E-state index contributed by atoms with van der Waals surface area (Å²) in [5, 5.41) is 2.80. The lowest BCUT2D eigenvalue weighted by Crippen LogP contribution is -2.34. The highest BCUT2D eigenvalue weighted by Gasteiger charge is 2.24. The minimum absolute atomic E-state index is 0.00757. The maximum atomic E-state index is 12.6. The van der Waals surface area contributed by atoms with E-state index in [0.717, 1.165) is 5.56 Å². The predicted octanol–water partition coefficient (Wildman–Crippen LogP) is 3.24. The average molecular weight is 307 g/mol. The molecule has 0 aliphatic carbocycles. The third kappa shape index (κ3) is 9.59. The summed E-state index contributed by atoms with van der Waals surface area (Å²) in [6.45, 7) is 6.00. The second kappa shape index (κ2) is 7.75. The third-order valence-corrected chi connectivity index (χ3v) is 2.18. The van der Waals surface area contributed by atoms with Gasteiger partial charge in [-0.2, -0.15) is 13.2 Å². The van der Waals surface area contributed by atoms with Gasteiger partial charge in [0.05, 0.1) is 0 Å². The van der Waals surface area contributed by atoms with Crippen molar-refractivity contribution >= 4 is 12.2 Å². The van der Waals surface area contributed by atoms with Crippen LogP contribution in [-0.2, 0) is 16.1 Å². The van der Waals surface area contributed by atoms with E-state index < -0.39 is 12.5 Å². The molecule has 3 nitrogen and oxygen atoms in total. The molecule has 1 aromatic carbocycles. The molecular weight excluding hydrogens is 290 g/mol. The molecule has 1 N–H and O–H groups in total. The number of amides is 1. The van der Waals surface area contributed by atoms with Gasteiger partial charge in [0.15, 0.2) is 0 Å². The van der Waals surface area contributed by atoms with E-state index in [4.69, 9.17) is 4.79 Å². The molecule has 0 saturated carbocycles. The number of nitrogens with one attached hydrogen (secondary N) is 1. The van der Waals surface area contributed by atoms with Gasteiger partial charge in [-0.25, -0.2) is 4.39 Å². The number of alkyl halides is 3. The van der Waals surface area contributed by atoms with E-state index in [1.807, 2.05) is 20.8 Å². The number of aldehydes is 1. The molecule has 0 atom stereocenters. The van der Waals surface area contributed by atoms with Crippen LogP contribution >= 0.6 is 0 Å².